The molecule has 0 bridgehead atoms. The number of benzene rings is 1. The third kappa shape index (κ3) is 4.80. The summed E-state index contributed by atoms with van der Waals surface area (Å²) < 4.78 is 18.2. The molecule has 0 amide bonds. The number of esters is 1. The van der Waals surface area contributed by atoms with Gasteiger partial charge < -0.3 is 18.6 Å². The Labute approximate surface area is 179 Å². The smallest absolute Gasteiger partial charge is 0.345 e. The third-order valence-corrected chi connectivity index (χ3v) is 4.81. The van der Waals surface area contributed by atoms with Crippen molar-refractivity contribution in [1.29, 1.82) is 0 Å². The zero-order chi connectivity index (χ0) is 21.8. The summed E-state index contributed by atoms with van der Waals surface area (Å²) in [6, 6.07) is 14.4. The molecule has 31 heavy (non-hydrogen) atoms. The summed E-state index contributed by atoms with van der Waals surface area (Å²) >= 11 is 0. The van der Waals surface area contributed by atoms with Crippen molar-refractivity contribution in [2.45, 2.75) is 33.9 Å². The molecule has 158 valence electrons. The second kappa shape index (κ2) is 8.83. The molecule has 0 atom stereocenters. The van der Waals surface area contributed by atoms with Gasteiger partial charge >= 0.3 is 5.97 Å². The van der Waals surface area contributed by atoms with E-state index in [1.165, 1.54) is 0 Å². The largest absolute Gasteiger partial charge is 0.484 e. The van der Waals surface area contributed by atoms with Gasteiger partial charge in [-0.2, -0.15) is 4.98 Å². The molecule has 3 heterocycles. The fourth-order valence-corrected chi connectivity index (χ4v) is 3.21. The molecule has 0 unspecified atom stereocenters. The van der Waals surface area contributed by atoms with E-state index in [1.807, 2.05) is 38.1 Å². The van der Waals surface area contributed by atoms with E-state index in [0.29, 0.717) is 35.3 Å². The lowest BCUT2D eigenvalue weighted by molar-refractivity contribution is 0.0733. The van der Waals surface area contributed by atoms with Gasteiger partial charge in [-0.3, -0.25) is 4.98 Å². The fourth-order valence-electron chi connectivity index (χ4n) is 3.21. The lowest BCUT2D eigenvalue weighted by atomic mass is 10.2. The predicted molar refractivity (Wildman–Crippen MR) is 112 cm³/mol. The van der Waals surface area contributed by atoms with E-state index in [1.54, 1.807) is 37.4 Å². The molecule has 8 heteroatoms. The Morgan fingerprint density at radius 1 is 1.06 bits per heavy atom. The highest BCUT2D eigenvalue weighted by Gasteiger charge is 2.18. The number of rotatable bonds is 7. The van der Waals surface area contributed by atoms with Gasteiger partial charge in [-0.1, -0.05) is 11.2 Å². The van der Waals surface area contributed by atoms with Gasteiger partial charge in [-0.15, -0.1) is 0 Å². The second-order valence-corrected chi connectivity index (χ2v) is 7.08. The van der Waals surface area contributed by atoms with Crippen LogP contribution in [0.1, 0.15) is 39.2 Å². The molecule has 0 saturated heterocycles. The summed E-state index contributed by atoms with van der Waals surface area (Å²) in [6.45, 7) is 6.37. The van der Waals surface area contributed by atoms with Crippen LogP contribution in [-0.2, 0) is 13.2 Å². The number of hydrogen-bond donors (Lipinski definition) is 0. The van der Waals surface area contributed by atoms with Crippen LogP contribution in [0.15, 0.2) is 59.3 Å². The Bertz CT molecular complexity index is 1180. The number of carbonyl (C=O) groups excluding carboxylic acids is 1. The number of nitrogens with zero attached hydrogens (tertiary/aromatic N) is 4. The van der Waals surface area contributed by atoms with Crippen LogP contribution in [0.4, 0.5) is 0 Å². The van der Waals surface area contributed by atoms with Gasteiger partial charge in [0.1, 0.15) is 11.5 Å². The molecule has 0 N–H and O–H groups in total. The summed E-state index contributed by atoms with van der Waals surface area (Å²) in [5.41, 5.74) is 3.26. The van der Waals surface area contributed by atoms with E-state index < -0.39 is 5.97 Å². The molecule has 8 nitrogen and oxygen atoms in total. The van der Waals surface area contributed by atoms with E-state index in [9.17, 15) is 4.79 Å². The SMILES string of the molecule is Cc1noc(COc2ccc(OC(=O)c3cc(C)n(Cc4ccccn4)c3C)cc2)n1. The van der Waals surface area contributed by atoms with Gasteiger partial charge in [0.05, 0.1) is 17.8 Å². The van der Waals surface area contributed by atoms with Gasteiger partial charge in [0.2, 0.25) is 0 Å². The molecule has 4 aromatic rings. The normalized spacial score (nSPS) is 10.8. The van der Waals surface area contributed by atoms with Crippen molar-refractivity contribution in [1.82, 2.24) is 19.7 Å². The summed E-state index contributed by atoms with van der Waals surface area (Å²) in [4.78, 5) is 21.2. The zero-order valence-corrected chi connectivity index (χ0v) is 17.5. The molecule has 0 radical (unpaired) electrons. The monoisotopic (exact) mass is 418 g/mol. The highest BCUT2D eigenvalue weighted by Crippen LogP contribution is 2.22. The number of aromatic nitrogens is 4. The molecule has 0 spiro atoms. The maximum atomic E-state index is 12.7. The highest BCUT2D eigenvalue weighted by molar-refractivity contribution is 5.92. The number of pyridine rings is 1. The maximum Gasteiger partial charge on any atom is 0.345 e. The lowest BCUT2D eigenvalue weighted by Crippen LogP contribution is -2.11. The summed E-state index contributed by atoms with van der Waals surface area (Å²) in [5, 5.41) is 3.71. The second-order valence-electron chi connectivity index (χ2n) is 7.08. The first kappa shape index (κ1) is 20.3. The summed E-state index contributed by atoms with van der Waals surface area (Å²) in [6.07, 6.45) is 1.76. The average molecular weight is 418 g/mol. The number of ether oxygens (including phenoxy) is 2. The van der Waals surface area contributed by atoms with Gasteiger partial charge in [-0.05, 0) is 63.2 Å². The van der Waals surface area contributed by atoms with Crippen LogP contribution in [0, 0.1) is 20.8 Å². The molecule has 0 aliphatic heterocycles. The summed E-state index contributed by atoms with van der Waals surface area (Å²) in [7, 11) is 0. The van der Waals surface area contributed by atoms with E-state index in [0.717, 1.165) is 17.1 Å². The van der Waals surface area contributed by atoms with Crippen molar-refractivity contribution in [3.63, 3.8) is 0 Å². The van der Waals surface area contributed by atoms with Crippen molar-refractivity contribution in [3.8, 4) is 11.5 Å². The first-order valence-corrected chi connectivity index (χ1v) is 9.80. The van der Waals surface area contributed by atoms with Crippen molar-refractivity contribution in [2.75, 3.05) is 0 Å². The van der Waals surface area contributed by atoms with Gasteiger partial charge in [-0.25, -0.2) is 4.79 Å². The van der Waals surface area contributed by atoms with Crippen molar-refractivity contribution >= 4 is 5.97 Å². The molecule has 0 saturated carbocycles. The minimum absolute atomic E-state index is 0.169. The molecule has 4 rings (SSSR count). The minimum Gasteiger partial charge on any atom is -0.484 e. The molecular weight excluding hydrogens is 396 g/mol. The van der Waals surface area contributed by atoms with E-state index in [-0.39, 0.29) is 6.61 Å². The van der Waals surface area contributed by atoms with Crippen molar-refractivity contribution < 1.29 is 18.8 Å². The summed E-state index contributed by atoms with van der Waals surface area (Å²) in [5.74, 6) is 1.58. The zero-order valence-electron chi connectivity index (χ0n) is 17.5. The van der Waals surface area contributed by atoms with Crippen LogP contribution < -0.4 is 9.47 Å². The number of aryl methyl sites for hydroxylation is 2. The molecule has 0 aliphatic rings. The Balaban J connectivity index is 1.40. The van der Waals surface area contributed by atoms with E-state index >= 15 is 0 Å². The minimum atomic E-state index is -0.407. The number of carbonyl (C=O) groups is 1. The van der Waals surface area contributed by atoms with Crippen LogP contribution >= 0.6 is 0 Å². The third-order valence-electron chi connectivity index (χ3n) is 4.81. The van der Waals surface area contributed by atoms with Gasteiger partial charge in [0, 0.05) is 17.6 Å². The molecular formula is C23H22N4O4. The van der Waals surface area contributed by atoms with Crippen LogP contribution in [0.3, 0.4) is 0 Å². The number of hydrogen-bond acceptors (Lipinski definition) is 7. The molecule has 0 fully saturated rings. The molecule has 0 aliphatic carbocycles. The quantitative estimate of drug-likeness (QED) is 0.330. The topological polar surface area (TPSA) is 92.3 Å². The van der Waals surface area contributed by atoms with Crippen LogP contribution in [0.2, 0.25) is 0 Å². The van der Waals surface area contributed by atoms with E-state index in [2.05, 4.69) is 19.7 Å². The van der Waals surface area contributed by atoms with Crippen molar-refractivity contribution in [3.05, 3.63) is 89.1 Å². The first-order chi connectivity index (χ1) is 15.0. The predicted octanol–water partition coefficient (Wildman–Crippen LogP) is 4.04. The first-order valence-electron chi connectivity index (χ1n) is 9.80. The lowest BCUT2D eigenvalue weighted by Gasteiger charge is -2.09. The van der Waals surface area contributed by atoms with Gasteiger partial charge in [0.15, 0.2) is 12.4 Å². The Morgan fingerprint density at radius 3 is 2.52 bits per heavy atom. The van der Waals surface area contributed by atoms with E-state index in [4.69, 9.17) is 14.0 Å². The van der Waals surface area contributed by atoms with Crippen LogP contribution in [0.25, 0.3) is 0 Å². The van der Waals surface area contributed by atoms with Crippen molar-refractivity contribution in [2.24, 2.45) is 0 Å². The standard InChI is InChI=1S/C23H22N4O4/c1-15-12-21(16(2)27(15)13-18-6-4-5-11-24-18)23(28)30-20-9-7-19(8-10-20)29-14-22-25-17(3)26-31-22/h4-12H,13-14H2,1-3H3. The fraction of sp³-hybridized carbons (Fsp3) is 0.217. The highest BCUT2D eigenvalue weighted by atomic mass is 16.5. The molecule has 1 aromatic carbocycles. The van der Waals surface area contributed by atoms with Gasteiger partial charge in [0.25, 0.3) is 5.89 Å². The average Bonchev–Trinajstić information content (AvgIpc) is 3.32. The van der Waals surface area contributed by atoms with Crippen LogP contribution in [-0.4, -0.2) is 25.7 Å². The maximum absolute atomic E-state index is 12.7. The Morgan fingerprint density at radius 2 is 1.84 bits per heavy atom. The Hall–Kier alpha value is -3.94. The Kier molecular flexibility index (Phi) is 5.79. The molecule has 3 aromatic heterocycles. The van der Waals surface area contributed by atoms with Crippen LogP contribution in [0.5, 0.6) is 11.5 Å².